The van der Waals surface area contributed by atoms with E-state index in [0.29, 0.717) is 15.7 Å². The SMILES string of the molecule is O=C(Nc1nc2c(s1)CCCC2)c1ccccc1Cl. The zero-order valence-electron chi connectivity index (χ0n) is 10.3. The zero-order valence-corrected chi connectivity index (χ0v) is 11.9. The van der Waals surface area contributed by atoms with Crippen LogP contribution in [-0.4, -0.2) is 10.9 Å². The van der Waals surface area contributed by atoms with E-state index >= 15 is 0 Å². The van der Waals surface area contributed by atoms with Gasteiger partial charge in [-0.05, 0) is 37.8 Å². The smallest absolute Gasteiger partial charge is 0.258 e. The lowest BCUT2D eigenvalue weighted by molar-refractivity contribution is 0.102. The minimum Gasteiger partial charge on any atom is -0.298 e. The van der Waals surface area contributed by atoms with E-state index in [1.54, 1.807) is 35.6 Å². The van der Waals surface area contributed by atoms with Crippen molar-refractivity contribution in [1.29, 1.82) is 0 Å². The highest BCUT2D eigenvalue weighted by Gasteiger charge is 2.17. The van der Waals surface area contributed by atoms with Crippen molar-refractivity contribution >= 4 is 34.0 Å². The van der Waals surface area contributed by atoms with Crippen LogP contribution in [0.15, 0.2) is 24.3 Å². The van der Waals surface area contributed by atoms with Gasteiger partial charge in [-0.25, -0.2) is 4.98 Å². The molecule has 0 aliphatic heterocycles. The van der Waals surface area contributed by atoms with Crippen LogP contribution in [0.1, 0.15) is 33.8 Å². The number of carbonyl (C=O) groups is 1. The molecule has 0 unspecified atom stereocenters. The number of aromatic nitrogens is 1. The Hall–Kier alpha value is -1.39. The number of benzene rings is 1. The average Bonchev–Trinajstić information content (AvgIpc) is 2.81. The summed E-state index contributed by atoms with van der Waals surface area (Å²) in [5.41, 5.74) is 1.63. The number of nitrogens with one attached hydrogen (secondary N) is 1. The molecule has 0 spiro atoms. The van der Waals surface area contributed by atoms with E-state index in [0.717, 1.165) is 18.5 Å². The number of aryl methyl sites for hydroxylation is 2. The van der Waals surface area contributed by atoms with Crippen LogP contribution in [0.3, 0.4) is 0 Å². The lowest BCUT2D eigenvalue weighted by atomic mass is 10.0. The van der Waals surface area contributed by atoms with Gasteiger partial charge in [-0.3, -0.25) is 10.1 Å². The van der Waals surface area contributed by atoms with Crippen molar-refractivity contribution < 1.29 is 4.79 Å². The number of fused-ring (bicyclic) bond motifs is 1. The third-order valence-electron chi connectivity index (χ3n) is 3.18. The average molecular weight is 293 g/mol. The second-order valence-corrected chi connectivity index (χ2v) is 6.02. The van der Waals surface area contributed by atoms with E-state index in [-0.39, 0.29) is 5.91 Å². The molecule has 0 saturated heterocycles. The Kier molecular flexibility index (Phi) is 3.53. The second kappa shape index (κ2) is 5.31. The molecule has 1 heterocycles. The largest absolute Gasteiger partial charge is 0.298 e. The van der Waals surface area contributed by atoms with Gasteiger partial charge in [-0.2, -0.15) is 0 Å². The normalized spacial score (nSPS) is 13.9. The summed E-state index contributed by atoms with van der Waals surface area (Å²) in [6.45, 7) is 0. The predicted octanol–water partition coefficient (Wildman–Crippen LogP) is 3.93. The first-order chi connectivity index (χ1) is 9.24. The van der Waals surface area contributed by atoms with Crippen molar-refractivity contribution in [3.05, 3.63) is 45.4 Å². The fourth-order valence-electron chi connectivity index (χ4n) is 2.22. The number of halogens is 1. The van der Waals surface area contributed by atoms with Crippen LogP contribution in [0.2, 0.25) is 5.02 Å². The van der Waals surface area contributed by atoms with Crippen molar-refractivity contribution in [3.63, 3.8) is 0 Å². The van der Waals surface area contributed by atoms with Crippen LogP contribution in [0.25, 0.3) is 0 Å². The predicted molar refractivity (Wildman–Crippen MR) is 78.2 cm³/mol. The van der Waals surface area contributed by atoms with Crippen molar-refractivity contribution in [3.8, 4) is 0 Å². The minimum atomic E-state index is -0.198. The van der Waals surface area contributed by atoms with Gasteiger partial charge in [0, 0.05) is 4.88 Å². The maximum absolute atomic E-state index is 12.1. The summed E-state index contributed by atoms with van der Waals surface area (Å²) >= 11 is 7.59. The Morgan fingerprint density at radius 2 is 2.05 bits per heavy atom. The quantitative estimate of drug-likeness (QED) is 0.911. The first-order valence-electron chi connectivity index (χ1n) is 6.28. The first kappa shape index (κ1) is 12.6. The monoisotopic (exact) mass is 292 g/mol. The molecule has 1 aromatic carbocycles. The number of anilines is 1. The van der Waals surface area contributed by atoms with Crippen molar-refractivity contribution in [2.45, 2.75) is 25.7 Å². The van der Waals surface area contributed by atoms with Crippen molar-refractivity contribution in [1.82, 2.24) is 4.98 Å². The van der Waals surface area contributed by atoms with Crippen LogP contribution in [0.5, 0.6) is 0 Å². The summed E-state index contributed by atoms with van der Waals surface area (Å²) in [4.78, 5) is 17.9. The molecule has 1 amide bonds. The number of rotatable bonds is 2. The van der Waals surface area contributed by atoms with E-state index in [1.807, 2.05) is 0 Å². The molecule has 0 bridgehead atoms. The fraction of sp³-hybridized carbons (Fsp3) is 0.286. The van der Waals surface area contributed by atoms with Crippen LogP contribution >= 0.6 is 22.9 Å². The fourth-order valence-corrected chi connectivity index (χ4v) is 3.48. The number of amides is 1. The molecule has 1 aliphatic rings. The van der Waals surface area contributed by atoms with Gasteiger partial charge in [0.2, 0.25) is 0 Å². The van der Waals surface area contributed by atoms with Crippen LogP contribution in [-0.2, 0) is 12.8 Å². The molecule has 0 fully saturated rings. The molecule has 3 rings (SSSR count). The van der Waals surface area contributed by atoms with Crippen molar-refractivity contribution in [2.75, 3.05) is 5.32 Å². The number of hydrogen-bond donors (Lipinski definition) is 1. The van der Waals surface area contributed by atoms with Crippen LogP contribution in [0, 0.1) is 0 Å². The van der Waals surface area contributed by atoms with E-state index in [1.165, 1.54) is 17.7 Å². The van der Waals surface area contributed by atoms with E-state index in [2.05, 4.69) is 10.3 Å². The Morgan fingerprint density at radius 1 is 1.26 bits per heavy atom. The second-order valence-electron chi connectivity index (χ2n) is 4.53. The minimum absolute atomic E-state index is 0.198. The summed E-state index contributed by atoms with van der Waals surface area (Å²) in [6, 6.07) is 7.03. The molecule has 3 nitrogen and oxygen atoms in total. The van der Waals surface area contributed by atoms with Gasteiger partial charge < -0.3 is 0 Å². The van der Waals surface area contributed by atoms with Crippen LogP contribution < -0.4 is 5.32 Å². The van der Waals surface area contributed by atoms with Gasteiger partial charge in [-0.15, -0.1) is 11.3 Å². The van der Waals surface area contributed by atoms with Gasteiger partial charge in [0.25, 0.3) is 5.91 Å². The molecule has 5 heteroatoms. The first-order valence-corrected chi connectivity index (χ1v) is 7.48. The third kappa shape index (κ3) is 2.65. The van der Waals surface area contributed by atoms with E-state index in [4.69, 9.17) is 11.6 Å². The summed E-state index contributed by atoms with van der Waals surface area (Å²) in [6.07, 6.45) is 4.50. The maximum Gasteiger partial charge on any atom is 0.258 e. The molecular weight excluding hydrogens is 280 g/mol. The van der Waals surface area contributed by atoms with E-state index < -0.39 is 0 Å². The zero-order chi connectivity index (χ0) is 13.2. The number of hydrogen-bond acceptors (Lipinski definition) is 3. The standard InChI is InChI=1S/C14H13ClN2OS/c15-10-6-2-1-5-9(10)13(18)17-14-16-11-7-3-4-8-12(11)19-14/h1-2,5-6H,3-4,7-8H2,(H,16,17,18). The molecular formula is C14H13ClN2OS. The van der Waals surface area contributed by atoms with E-state index in [9.17, 15) is 4.79 Å². The molecule has 1 N–H and O–H groups in total. The molecule has 0 radical (unpaired) electrons. The molecule has 1 aromatic heterocycles. The number of thiazole rings is 1. The molecule has 0 saturated carbocycles. The lowest BCUT2D eigenvalue weighted by Gasteiger charge is -2.06. The number of carbonyl (C=O) groups excluding carboxylic acids is 1. The van der Waals surface area contributed by atoms with Gasteiger partial charge in [0.15, 0.2) is 5.13 Å². The highest BCUT2D eigenvalue weighted by Crippen LogP contribution is 2.30. The Balaban J connectivity index is 1.80. The highest BCUT2D eigenvalue weighted by atomic mass is 35.5. The molecule has 19 heavy (non-hydrogen) atoms. The van der Waals surface area contributed by atoms with Gasteiger partial charge in [0.05, 0.1) is 16.3 Å². The Morgan fingerprint density at radius 3 is 2.84 bits per heavy atom. The third-order valence-corrected chi connectivity index (χ3v) is 4.59. The van der Waals surface area contributed by atoms with Crippen molar-refractivity contribution in [2.24, 2.45) is 0 Å². The number of nitrogens with zero attached hydrogens (tertiary/aromatic N) is 1. The Bertz CT molecular complexity index is 600. The summed E-state index contributed by atoms with van der Waals surface area (Å²) < 4.78 is 0. The summed E-state index contributed by atoms with van der Waals surface area (Å²) in [5, 5.41) is 3.98. The Labute approximate surface area is 120 Å². The molecule has 98 valence electrons. The van der Waals surface area contributed by atoms with Crippen LogP contribution in [0.4, 0.5) is 5.13 Å². The lowest BCUT2D eigenvalue weighted by Crippen LogP contribution is -2.12. The summed E-state index contributed by atoms with van der Waals surface area (Å²) in [7, 11) is 0. The molecule has 1 aliphatic carbocycles. The summed E-state index contributed by atoms with van der Waals surface area (Å²) in [5.74, 6) is -0.198. The molecule has 0 atom stereocenters. The van der Waals surface area contributed by atoms with Gasteiger partial charge in [0.1, 0.15) is 0 Å². The maximum atomic E-state index is 12.1. The van der Waals surface area contributed by atoms with Gasteiger partial charge in [-0.1, -0.05) is 23.7 Å². The van der Waals surface area contributed by atoms with Gasteiger partial charge >= 0.3 is 0 Å². The highest BCUT2D eigenvalue weighted by molar-refractivity contribution is 7.15. The molecule has 2 aromatic rings. The topological polar surface area (TPSA) is 42.0 Å².